The molecule has 0 spiro atoms. The van der Waals surface area contributed by atoms with Crippen molar-refractivity contribution in [3.63, 3.8) is 0 Å². The van der Waals surface area contributed by atoms with Crippen molar-refractivity contribution in [2.24, 2.45) is 0 Å². The number of esters is 3. The Kier molecular flexibility index (Phi) is 46.0. The molecule has 0 N–H and O–H groups in total. The highest BCUT2D eigenvalue weighted by atomic mass is 16.6. The van der Waals surface area contributed by atoms with Crippen molar-refractivity contribution in [3.8, 4) is 0 Å². The lowest BCUT2D eigenvalue weighted by Crippen LogP contribution is -2.30. The summed E-state index contributed by atoms with van der Waals surface area (Å²) in [5, 5.41) is 0. The summed E-state index contributed by atoms with van der Waals surface area (Å²) in [7, 11) is 0. The van der Waals surface area contributed by atoms with Crippen LogP contribution in [0.3, 0.4) is 0 Å². The number of carbonyl (C=O) groups excluding carboxylic acids is 3. The lowest BCUT2D eigenvalue weighted by Gasteiger charge is -2.18. The first kappa shape index (κ1) is 56.9. The van der Waals surface area contributed by atoms with Crippen LogP contribution in [0.4, 0.5) is 0 Å². The van der Waals surface area contributed by atoms with E-state index in [1.807, 2.05) is 0 Å². The van der Waals surface area contributed by atoms with Crippen LogP contribution in [-0.2, 0) is 28.6 Å². The molecule has 6 nitrogen and oxygen atoms in total. The molecule has 0 aromatic carbocycles. The number of allylic oxidation sites excluding steroid dienone is 12. The van der Waals surface area contributed by atoms with Crippen molar-refractivity contribution in [2.45, 2.75) is 239 Å². The van der Waals surface area contributed by atoms with Gasteiger partial charge in [-0.15, -0.1) is 0 Å². The summed E-state index contributed by atoms with van der Waals surface area (Å²) >= 11 is 0. The zero-order valence-corrected chi connectivity index (χ0v) is 39.2. The van der Waals surface area contributed by atoms with Gasteiger partial charge in [-0.3, -0.25) is 14.4 Å². The second-order valence-corrected chi connectivity index (χ2v) is 16.3. The van der Waals surface area contributed by atoms with Gasteiger partial charge in [-0.05, 0) is 83.5 Å². The first-order valence-corrected chi connectivity index (χ1v) is 24.9. The fraction of sp³-hybridized carbons (Fsp3) is 0.722. The number of carbonyl (C=O) groups is 3. The van der Waals surface area contributed by atoms with E-state index in [0.29, 0.717) is 19.3 Å². The molecule has 0 unspecified atom stereocenters. The van der Waals surface area contributed by atoms with Gasteiger partial charge in [-0.25, -0.2) is 0 Å². The molecule has 0 saturated carbocycles. The SMILES string of the molecule is CC/C=C\C/C=C\C/C=C\C/C=C\C/C=C\CCCCCC(=O)OC[C@H](COC(=O)CCCCCCCCCCCCCC)OC(=O)CCCCCCC/C=C\CCCC. The summed E-state index contributed by atoms with van der Waals surface area (Å²) in [5.74, 6) is -0.932. The Morgan fingerprint density at radius 3 is 1.10 bits per heavy atom. The van der Waals surface area contributed by atoms with Gasteiger partial charge in [-0.1, -0.05) is 203 Å². The fourth-order valence-electron chi connectivity index (χ4n) is 6.68. The predicted octanol–water partition coefficient (Wildman–Crippen LogP) is 16.3. The van der Waals surface area contributed by atoms with E-state index in [-0.39, 0.29) is 31.1 Å². The third-order valence-corrected chi connectivity index (χ3v) is 10.4. The topological polar surface area (TPSA) is 78.9 Å². The van der Waals surface area contributed by atoms with Crippen molar-refractivity contribution < 1.29 is 28.6 Å². The maximum atomic E-state index is 12.7. The molecule has 0 aromatic rings. The van der Waals surface area contributed by atoms with E-state index in [9.17, 15) is 14.4 Å². The highest BCUT2D eigenvalue weighted by molar-refractivity contribution is 5.71. The van der Waals surface area contributed by atoms with Gasteiger partial charge in [0.25, 0.3) is 0 Å². The summed E-state index contributed by atoms with van der Waals surface area (Å²) in [4.78, 5) is 37.9. The number of unbranched alkanes of at least 4 members (excludes halogenated alkanes) is 21. The van der Waals surface area contributed by atoms with Gasteiger partial charge in [0.15, 0.2) is 6.10 Å². The van der Waals surface area contributed by atoms with Crippen molar-refractivity contribution in [1.82, 2.24) is 0 Å². The van der Waals surface area contributed by atoms with E-state index in [2.05, 4.69) is 93.7 Å². The lowest BCUT2D eigenvalue weighted by molar-refractivity contribution is -0.167. The smallest absolute Gasteiger partial charge is 0.306 e. The van der Waals surface area contributed by atoms with Crippen LogP contribution in [0.2, 0.25) is 0 Å². The minimum atomic E-state index is -0.790. The molecule has 60 heavy (non-hydrogen) atoms. The first-order valence-electron chi connectivity index (χ1n) is 24.9. The summed E-state index contributed by atoms with van der Waals surface area (Å²) in [6, 6.07) is 0. The first-order chi connectivity index (χ1) is 29.5. The fourth-order valence-corrected chi connectivity index (χ4v) is 6.68. The summed E-state index contributed by atoms with van der Waals surface area (Å²) < 4.78 is 16.7. The van der Waals surface area contributed by atoms with Crippen LogP contribution in [-0.4, -0.2) is 37.2 Å². The highest BCUT2D eigenvalue weighted by Gasteiger charge is 2.19. The number of hydrogen-bond acceptors (Lipinski definition) is 6. The molecule has 0 aliphatic carbocycles. The zero-order valence-electron chi connectivity index (χ0n) is 39.2. The molecule has 0 fully saturated rings. The maximum Gasteiger partial charge on any atom is 0.306 e. The molecule has 0 aliphatic heterocycles. The largest absolute Gasteiger partial charge is 0.462 e. The standard InChI is InChI=1S/C54H92O6/c1-4-7-10-13-16-19-22-24-25-26-27-28-29-30-33-35-38-41-44-47-53(56)59-50-51(60-54(57)48-45-42-39-36-31-21-18-15-12-9-6-3)49-58-52(55)46-43-40-37-34-32-23-20-17-14-11-8-5-2/h7,10,15-16,18-19,24-25,27-28,30,33,51H,4-6,8-9,11-14,17,20-23,26,29,31-32,34-50H2,1-3H3/b10-7-,18-15-,19-16-,25-24-,28-27-,33-30-/t51-/m0/s1. The van der Waals surface area contributed by atoms with E-state index < -0.39 is 6.10 Å². The third-order valence-electron chi connectivity index (χ3n) is 10.4. The van der Waals surface area contributed by atoms with E-state index >= 15 is 0 Å². The number of rotatable bonds is 44. The van der Waals surface area contributed by atoms with Gasteiger partial charge in [0.1, 0.15) is 13.2 Å². The van der Waals surface area contributed by atoms with E-state index in [1.54, 1.807) is 0 Å². The van der Waals surface area contributed by atoms with Crippen LogP contribution < -0.4 is 0 Å². The molecule has 0 amide bonds. The number of ether oxygens (including phenoxy) is 3. The monoisotopic (exact) mass is 837 g/mol. The van der Waals surface area contributed by atoms with Gasteiger partial charge in [0.05, 0.1) is 0 Å². The summed E-state index contributed by atoms with van der Waals surface area (Å²) in [6.07, 6.45) is 60.3. The van der Waals surface area contributed by atoms with Gasteiger partial charge in [-0.2, -0.15) is 0 Å². The van der Waals surface area contributed by atoms with Crippen molar-refractivity contribution in [2.75, 3.05) is 13.2 Å². The minimum Gasteiger partial charge on any atom is -0.462 e. The summed E-state index contributed by atoms with van der Waals surface area (Å²) in [5.41, 5.74) is 0. The van der Waals surface area contributed by atoms with Crippen LogP contribution in [0.5, 0.6) is 0 Å². The Labute approximate surface area is 370 Å². The normalized spacial score (nSPS) is 12.7. The molecular weight excluding hydrogens is 745 g/mol. The Morgan fingerprint density at radius 1 is 0.350 bits per heavy atom. The van der Waals surface area contributed by atoms with Gasteiger partial charge >= 0.3 is 17.9 Å². The quantitative estimate of drug-likeness (QED) is 0.0263. The van der Waals surface area contributed by atoms with Crippen LogP contribution in [0.15, 0.2) is 72.9 Å². The molecule has 0 rings (SSSR count). The molecule has 0 saturated heterocycles. The van der Waals surface area contributed by atoms with Crippen molar-refractivity contribution in [1.29, 1.82) is 0 Å². The maximum absolute atomic E-state index is 12.7. The van der Waals surface area contributed by atoms with Crippen LogP contribution in [0.25, 0.3) is 0 Å². The molecule has 0 aliphatic rings. The minimum absolute atomic E-state index is 0.0882. The van der Waals surface area contributed by atoms with E-state index in [4.69, 9.17) is 14.2 Å². The van der Waals surface area contributed by atoms with E-state index in [0.717, 1.165) is 109 Å². The molecule has 0 bridgehead atoms. The molecule has 0 heterocycles. The average Bonchev–Trinajstić information content (AvgIpc) is 3.24. The van der Waals surface area contributed by atoms with Crippen molar-refractivity contribution >= 4 is 17.9 Å². The van der Waals surface area contributed by atoms with Crippen LogP contribution in [0.1, 0.15) is 233 Å². The van der Waals surface area contributed by atoms with E-state index in [1.165, 1.54) is 83.5 Å². The van der Waals surface area contributed by atoms with Crippen LogP contribution >= 0.6 is 0 Å². The molecule has 0 aromatic heterocycles. The number of hydrogen-bond donors (Lipinski definition) is 0. The summed E-state index contributed by atoms with van der Waals surface area (Å²) in [6.45, 7) is 6.44. The Bertz CT molecular complexity index is 1140. The predicted molar refractivity (Wildman–Crippen MR) is 256 cm³/mol. The van der Waals surface area contributed by atoms with Gasteiger partial charge < -0.3 is 14.2 Å². The zero-order chi connectivity index (χ0) is 43.7. The lowest BCUT2D eigenvalue weighted by atomic mass is 10.0. The Morgan fingerprint density at radius 2 is 0.667 bits per heavy atom. The van der Waals surface area contributed by atoms with Crippen molar-refractivity contribution in [3.05, 3.63) is 72.9 Å². The molecule has 6 heteroatoms. The van der Waals surface area contributed by atoms with Gasteiger partial charge in [0.2, 0.25) is 0 Å². The highest BCUT2D eigenvalue weighted by Crippen LogP contribution is 2.14. The molecule has 1 atom stereocenters. The molecular formula is C54H92O6. The Hall–Kier alpha value is -3.15. The second-order valence-electron chi connectivity index (χ2n) is 16.3. The average molecular weight is 837 g/mol. The molecule has 0 radical (unpaired) electrons. The Balaban J connectivity index is 4.41. The van der Waals surface area contributed by atoms with Crippen LogP contribution in [0, 0.1) is 0 Å². The van der Waals surface area contributed by atoms with Gasteiger partial charge in [0, 0.05) is 19.3 Å². The third kappa shape index (κ3) is 45.9. The second kappa shape index (κ2) is 48.5. The molecule has 344 valence electrons.